The van der Waals surface area contributed by atoms with Gasteiger partial charge in [0.25, 0.3) is 0 Å². The minimum Gasteiger partial charge on any atom is -0.510 e. The zero-order valence-corrected chi connectivity index (χ0v) is 8.86. The van der Waals surface area contributed by atoms with Crippen molar-refractivity contribution in [1.29, 1.82) is 0 Å². The van der Waals surface area contributed by atoms with Crippen LogP contribution in [-0.2, 0) is 0 Å². The molecular weight excluding hydrogens is 176 g/mol. The molecule has 14 heavy (non-hydrogen) atoms. The van der Waals surface area contributed by atoms with Crippen molar-refractivity contribution in [1.82, 2.24) is 4.90 Å². The SMILES string of the molecule is C=C/N=C1/C=CN(C(C)C)/C1=C(/C)O. The molecule has 0 aromatic carbocycles. The number of aliphatic imine (C=N–C) groups is 1. The summed E-state index contributed by atoms with van der Waals surface area (Å²) in [4.78, 5) is 6.08. The van der Waals surface area contributed by atoms with Crippen molar-refractivity contribution in [2.75, 3.05) is 0 Å². The molecule has 0 fully saturated rings. The third-order valence-corrected chi connectivity index (χ3v) is 2.02. The number of allylic oxidation sites excluding steroid dienone is 2. The zero-order valence-electron chi connectivity index (χ0n) is 8.86. The summed E-state index contributed by atoms with van der Waals surface area (Å²) in [5, 5.41) is 9.55. The number of aliphatic hydroxyl groups is 1. The average Bonchev–Trinajstić information content (AvgIpc) is 2.48. The van der Waals surface area contributed by atoms with Crippen LogP contribution < -0.4 is 0 Å². The van der Waals surface area contributed by atoms with Gasteiger partial charge >= 0.3 is 0 Å². The first-order chi connectivity index (χ1) is 6.57. The van der Waals surface area contributed by atoms with Gasteiger partial charge in [0, 0.05) is 18.4 Å². The maximum Gasteiger partial charge on any atom is 0.115 e. The van der Waals surface area contributed by atoms with E-state index in [2.05, 4.69) is 25.4 Å². The van der Waals surface area contributed by atoms with Gasteiger partial charge in [-0.2, -0.15) is 0 Å². The molecule has 0 aromatic heterocycles. The molecular formula is C11H16N2O. The Balaban J connectivity index is 3.10. The summed E-state index contributed by atoms with van der Waals surface area (Å²) < 4.78 is 0. The van der Waals surface area contributed by atoms with E-state index in [1.165, 1.54) is 6.20 Å². The smallest absolute Gasteiger partial charge is 0.115 e. The first-order valence-electron chi connectivity index (χ1n) is 4.63. The molecule has 1 rings (SSSR count). The summed E-state index contributed by atoms with van der Waals surface area (Å²) in [5.41, 5.74) is 1.52. The second-order valence-electron chi connectivity index (χ2n) is 3.45. The molecule has 0 radical (unpaired) electrons. The molecule has 3 heteroatoms. The van der Waals surface area contributed by atoms with E-state index in [0.717, 1.165) is 11.4 Å². The van der Waals surface area contributed by atoms with Gasteiger partial charge < -0.3 is 10.0 Å². The molecule has 0 aromatic rings. The van der Waals surface area contributed by atoms with Gasteiger partial charge in [-0.3, -0.25) is 4.99 Å². The molecule has 1 N–H and O–H groups in total. The van der Waals surface area contributed by atoms with Gasteiger partial charge in [-0.05, 0) is 26.8 Å². The molecule has 0 unspecified atom stereocenters. The number of hydrogen-bond donors (Lipinski definition) is 1. The molecule has 76 valence electrons. The van der Waals surface area contributed by atoms with Crippen molar-refractivity contribution in [3.05, 3.63) is 36.5 Å². The van der Waals surface area contributed by atoms with Crippen molar-refractivity contribution in [2.24, 2.45) is 4.99 Å². The fourth-order valence-corrected chi connectivity index (χ4v) is 1.44. The lowest BCUT2D eigenvalue weighted by atomic mass is 10.2. The fraction of sp³-hybridized carbons (Fsp3) is 0.364. The molecule has 0 atom stereocenters. The van der Waals surface area contributed by atoms with Gasteiger partial charge in [-0.15, -0.1) is 0 Å². The van der Waals surface area contributed by atoms with E-state index in [9.17, 15) is 5.11 Å². The molecule has 0 bridgehead atoms. The number of nitrogens with zero attached hydrogens (tertiary/aromatic N) is 2. The van der Waals surface area contributed by atoms with Gasteiger partial charge in [0.05, 0.1) is 5.71 Å². The summed E-state index contributed by atoms with van der Waals surface area (Å²) in [5.74, 6) is 0.282. The normalized spacial score (nSPS) is 22.3. The van der Waals surface area contributed by atoms with Crippen molar-refractivity contribution in [3.8, 4) is 0 Å². The lowest BCUT2D eigenvalue weighted by molar-refractivity contribution is 0.351. The van der Waals surface area contributed by atoms with E-state index in [1.807, 2.05) is 17.2 Å². The average molecular weight is 192 g/mol. The van der Waals surface area contributed by atoms with Crippen LogP contribution in [0.4, 0.5) is 0 Å². The lowest BCUT2D eigenvalue weighted by Crippen LogP contribution is -2.25. The summed E-state index contributed by atoms with van der Waals surface area (Å²) >= 11 is 0. The van der Waals surface area contributed by atoms with Gasteiger partial charge in [-0.25, -0.2) is 0 Å². The van der Waals surface area contributed by atoms with Gasteiger partial charge in [-0.1, -0.05) is 6.58 Å². The molecule has 0 amide bonds. The molecule has 0 spiro atoms. The van der Waals surface area contributed by atoms with Crippen LogP contribution >= 0.6 is 0 Å². The first kappa shape index (κ1) is 10.6. The summed E-state index contributed by atoms with van der Waals surface area (Å²) in [7, 11) is 0. The summed E-state index contributed by atoms with van der Waals surface area (Å²) in [6, 6.07) is 0.306. The van der Waals surface area contributed by atoms with Crippen molar-refractivity contribution in [3.63, 3.8) is 0 Å². The van der Waals surface area contributed by atoms with Crippen LogP contribution in [0.5, 0.6) is 0 Å². The van der Waals surface area contributed by atoms with Crippen LogP contribution in [0.1, 0.15) is 20.8 Å². The second-order valence-corrected chi connectivity index (χ2v) is 3.45. The van der Waals surface area contributed by atoms with E-state index < -0.39 is 0 Å². The number of aliphatic hydroxyl groups excluding tert-OH is 1. The lowest BCUT2D eigenvalue weighted by Gasteiger charge is -2.23. The van der Waals surface area contributed by atoms with E-state index in [1.54, 1.807) is 6.92 Å². The van der Waals surface area contributed by atoms with Crippen LogP contribution in [0.3, 0.4) is 0 Å². The van der Waals surface area contributed by atoms with E-state index in [0.29, 0.717) is 6.04 Å². The Morgan fingerprint density at radius 3 is 2.71 bits per heavy atom. The minimum atomic E-state index is 0.282. The highest BCUT2D eigenvalue weighted by molar-refractivity contribution is 6.10. The second kappa shape index (κ2) is 4.13. The van der Waals surface area contributed by atoms with Gasteiger partial charge in [0.2, 0.25) is 0 Å². The Kier molecular flexibility index (Phi) is 3.12. The maximum absolute atomic E-state index is 9.55. The number of hydrogen-bond acceptors (Lipinski definition) is 3. The maximum atomic E-state index is 9.55. The quantitative estimate of drug-likeness (QED) is 0.682. The van der Waals surface area contributed by atoms with Gasteiger partial charge in [0.15, 0.2) is 0 Å². The first-order valence-corrected chi connectivity index (χ1v) is 4.63. The van der Waals surface area contributed by atoms with Crippen molar-refractivity contribution < 1.29 is 5.11 Å². The Morgan fingerprint density at radius 2 is 2.29 bits per heavy atom. The third-order valence-electron chi connectivity index (χ3n) is 2.02. The topological polar surface area (TPSA) is 35.8 Å². The molecule has 1 aliphatic heterocycles. The Morgan fingerprint density at radius 1 is 1.64 bits per heavy atom. The highest BCUT2D eigenvalue weighted by Crippen LogP contribution is 2.21. The van der Waals surface area contributed by atoms with Crippen LogP contribution in [0.25, 0.3) is 0 Å². The van der Waals surface area contributed by atoms with Crippen LogP contribution in [0, 0.1) is 0 Å². The largest absolute Gasteiger partial charge is 0.510 e. The predicted octanol–water partition coefficient (Wildman–Crippen LogP) is 2.60. The minimum absolute atomic E-state index is 0.282. The highest BCUT2D eigenvalue weighted by Gasteiger charge is 2.22. The number of rotatable bonds is 2. The molecule has 3 nitrogen and oxygen atoms in total. The van der Waals surface area contributed by atoms with Crippen molar-refractivity contribution >= 4 is 5.71 Å². The molecule has 0 saturated heterocycles. The summed E-state index contributed by atoms with van der Waals surface area (Å²) in [6.07, 6.45) is 5.27. The monoisotopic (exact) mass is 192 g/mol. The van der Waals surface area contributed by atoms with E-state index in [-0.39, 0.29) is 5.76 Å². The van der Waals surface area contributed by atoms with Crippen LogP contribution in [-0.4, -0.2) is 21.8 Å². The standard InChI is InChI=1S/C11H16N2O/c1-5-12-10-6-7-13(8(2)3)11(10)9(4)14/h5-8,14H,1H2,2-4H3/b11-9-,12-10-. The van der Waals surface area contributed by atoms with E-state index in [4.69, 9.17) is 0 Å². The predicted molar refractivity (Wildman–Crippen MR) is 59.1 cm³/mol. The Hall–Kier alpha value is -1.51. The van der Waals surface area contributed by atoms with Crippen LogP contribution in [0.2, 0.25) is 0 Å². The van der Waals surface area contributed by atoms with Gasteiger partial charge in [0.1, 0.15) is 11.5 Å². The molecule has 1 aliphatic rings. The Labute approximate surface area is 84.8 Å². The molecule has 0 saturated carbocycles. The molecule has 1 heterocycles. The van der Waals surface area contributed by atoms with Crippen LogP contribution in [0.15, 0.2) is 41.5 Å². The van der Waals surface area contributed by atoms with Crippen molar-refractivity contribution in [2.45, 2.75) is 26.8 Å². The Bertz CT molecular complexity index is 320. The summed E-state index contributed by atoms with van der Waals surface area (Å²) in [6.45, 7) is 9.33. The van der Waals surface area contributed by atoms with E-state index >= 15 is 0 Å². The highest BCUT2D eigenvalue weighted by atomic mass is 16.3. The zero-order chi connectivity index (χ0) is 10.7. The molecule has 0 aliphatic carbocycles. The third kappa shape index (κ3) is 1.87. The fourth-order valence-electron chi connectivity index (χ4n) is 1.44.